The Morgan fingerprint density at radius 1 is 1.22 bits per heavy atom. The zero-order valence-electron chi connectivity index (χ0n) is 18.9. The van der Waals surface area contributed by atoms with Crippen LogP contribution in [0.2, 0.25) is 0 Å². The largest absolute Gasteiger partial charge is 0.493 e. The summed E-state index contributed by atoms with van der Waals surface area (Å²) in [4.78, 5) is 7.11. The lowest BCUT2D eigenvalue weighted by molar-refractivity contribution is 0.345. The van der Waals surface area contributed by atoms with Gasteiger partial charge >= 0.3 is 0 Å². The molecule has 0 bridgehead atoms. The van der Waals surface area contributed by atoms with E-state index < -0.39 is 0 Å². The van der Waals surface area contributed by atoms with Gasteiger partial charge in [-0.05, 0) is 41.8 Å². The van der Waals surface area contributed by atoms with Crippen LogP contribution in [-0.4, -0.2) is 52.9 Å². The van der Waals surface area contributed by atoms with Crippen molar-refractivity contribution < 1.29 is 13.9 Å². The number of hydrogen-bond donors (Lipinski definition) is 1. The molecule has 0 amide bonds. The van der Waals surface area contributed by atoms with Crippen molar-refractivity contribution in [2.75, 3.05) is 27.3 Å². The molecular weight excluding hydrogens is 408 g/mol. The summed E-state index contributed by atoms with van der Waals surface area (Å²) in [5, 5.41) is 11.7. The van der Waals surface area contributed by atoms with Crippen molar-refractivity contribution in [3.05, 3.63) is 59.6 Å². The molecule has 0 atom stereocenters. The summed E-state index contributed by atoms with van der Waals surface area (Å²) in [6.07, 6.45) is 5.21. The van der Waals surface area contributed by atoms with Crippen molar-refractivity contribution in [3.8, 4) is 11.5 Å². The molecule has 0 spiro atoms. The van der Waals surface area contributed by atoms with Crippen LogP contribution in [0.1, 0.15) is 29.6 Å². The van der Waals surface area contributed by atoms with E-state index >= 15 is 0 Å². The second-order valence-electron chi connectivity index (χ2n) is 7.59. The van der Waals surface area contributed by atoms with E-state index in [4.69, 9.17) is 18.9 Å². The summed E-state index contributed by atoms with van der Waals surface area (Å²) >= 11 is 0. The number of methoxy groups -OCH3 is 2. The van der Waals surface area contributed by atoms with Crippen LogP contribution in [0, 0.1) is 0 Å². The maximum absolute atomic E-state index is 5.51. The standard InChI is InChI=1S/C23H30N6O3/c1-4-22-27-26-16-29(22)10-8-24-23(25-14-19-6-5-11-32-19)28-9-7-17-12-20(30-2)21(31-3)13-18(17)15-28/h5-6,11-13,16H,4,7-10,14-15H2,1-3H3,(H,24,25). The minimum atomic E-state index is 0.484. The van der Waals surface area contributed by atoms with Gasteiger partial charge in [0, 0.05) is 32.6 Å². The minimum absolute atomic E-state index is 0.484. The first-order valence-corrected chi connectivity index (χ1v) is 10.9. The third-order valence-corrected chi connectivity index (χ3v) is 5.63. The van der Waals surface area contributed by atoms with Crippen LogP contribution in [0.4, 0.5) is 0 Å². The molecule has 0 saturated heterocycles. The average molecular weight is 439 g/mol. The zero-order chi connectivity index (χ0) is 22.3. The molecular formula is C23H30N6O3. The van der Waals surface area contributed by atoms with Crippen molar-refractivity contribution in [3.63, 3.8) is 0 Å². The predicted octanol–water partition coefficient (Wildman–Crippen LogP) is 2.65. The summed E-state index contributed by atoms with van der Waals surface area (Å²) in [6, 6.07) is 7.97. The van der Waals surface area contributed by atoms with Gasteiger partial charge in [0.25, 0.3) is 0 Å². The fraction of sp³-hybridized carbons (Fsp3) is 0.435. The summed E-state index contributed by atoms with van der Waals surface area (Å²) in [7, 11) is 3.33. The highest BCUT2D eigenvalue weighted by Crippen LogP contribution is 2.33. The molecule has 0 saturated carbocycles. The minimum Gasteiger partial charge on any atom is -0.493 e. The molecule has 4 rings (SSSR count). The Morgan fingerprint density at radius 3 is 2.75 bits per heavy atom. The van der Waals surface area contributed by atoms with Crippen molar-refractivity contribution in [2.24, 2.45) is 4.99 Å². The van der Waals surface area contributed by atoms with Crippen molar-refractivity contribution in [1.82, 2.24) is 25.0 Å². The molecule has 0 fully saturated rings. The highest BCUT2D eigenvalue weighted by molar-refractivity contribution is 5.80. The van der Waals surface area contributed by atoms with E-state index in [-0.39, 0.29) is 0 Å². The first-order chi connectivity index (χ1) is 15.7. The molecule has 0 aliphatic carbocycles. The average Bonchev–Trinajstić information content (AvgIpc) is 3.51. The fourth-order valence-corrected chi connectivity index (χ4v) is 3.91. The van der Waals surface area contributed by atoms with Crippen LogP contribution in [0.3, 0.4) is 0 Å². The summed E-state index contributed by atoms with van der Waals surface area (Å²) < 4.78 is 18.5. The smallest absolute Gasteiger partial charge is 0.194 e. The van der Waals surface area contributed by atoms with E-state index in [1.807, 2.05) is 12.1 Å². The number of ether oxygens (including phenoxy) is 2. The van der Waals surface area contributed by atoms with Crippen LogP contribution in [0.25, 0.3) is 0 Å². The van der Waals surface area contributed by atoms with Crippen LogP contribution >= 0.6 is 0 Å². The molecule has 3 heterocycles. The van der Waals surface area contributed by atoms with Gasteiger partial charge in [-0.25, -0.2) is 4.99 Å². The SMILES string of the molecule is CCc1nncn1CCNC(=NCc1ccco1)N1CCc2cc(OC)c(OC)cc2C1. The van der Waals surface area contributed by atoms with Crippen molar-refractivity contribution in [1.29, 1.82) is 0 Å². The van der Waals surface area contributed by atoms with Gasteiger partial charge < -0.3 is 28.7 Å². The molecule has 1 aliphatic rings. The summed E-state index contributed by atoms with van der Waals surface area (Å²) in [6.45, 7) is 5.66. The van der Waals surface area contributed by atoms with Crippen molar-refractivity contribution >= 4 is 5.96 Å². The second kappa shape index (κ2) is 10.2. The molecule has 0 unspecified atom stereocenters. The Labute approximate surface area is 188 Å². The fourth-order valence-electron chi connectivity index (χ4n) is 3.91. The number of furan rings is 1. The Balaban J connectivity index is 1.50. The van der Waals surface area contributed by atoms with Crippen molar-refractivity contribution in [2.45, 2.75) is 39.4 Å². The van der Waals surface area contributed by atoms with Crippen LogP contribution in [0.5, 0.6) is 11.5 Å². The normalized spacial score (nSPS) is 13.7. The molecule has 1 aliphatic heterocycles. The van der Waals surface area contributed by atoms with E-state index in [2.05, 4.69) is 44.0 Å². The van der Waals surface area contributed by atoms with Gasteiger partial charge in [-0.15, -0.1) is 10.2 Å². The molecule has 3 aromatic rings. The summed E-state index contributed by atoms with van der Waals surface area (Å²) in [5.41, 5.74) is 2.50. The lowest BCUT2D eigenvalue weighted by Crippen LogP contribution is -2.45. The van der Waals surface area contributed by atoms with Gasteiger partial charge in [0.1, 0.15) is 24.5 Å². The van der Waals surface area contributed by atoms with Gasteiger partial charge in [-0.1, -0.05) is 6.92 Å². The number of fused-ring (bicyclic) bond motifs is 1. The molecule has 0 radical (unpaired) electrons. The first kappa shape index (κ1) is 21.7. The highest BCUT2D eigenvalue weighted by atomic mass is 16.5. The number of aliphatic imine (C=N–C) groups is 1. The third kappa shape index (κ3) is 4.87. The predicted molar refractivity (Wildman–Crippen MR) is 121 cm³/mol. The van der Waals surface area contributed by atoms with Gasteiger partial charge in [0.05, 0.1) is 20.5 Å². The second-order valence-corrected chi connectivity index (χ2v) is 7.59. The molecule has 1 aromatic carbocycles. The number of benzene rings is 1. The van der Waals surface area contributed by atoms with Gasteiger partial charge in [-0.2, -0.15) is 0 Å². The van der Waals surface area contributed by atoms with E-state index in [0.717, 1.165) is 68.1 Å². The van der Waals surface area contributed by atoms with Crippen LogP contribution in [-0.2, 0) is 32.5 Å². The molecule has 2 aromatic heterocycles. The zero-order valence-corrected chi connectivity index (χ0v) is 18.9. The Kier molecular flexibility index (Phi) is 6.94. The van der Waals surface area contributed by atoms with Gasteiger partial charge in [0.15, 0.2) is 17.5 Å². The molecule has 1 N–H and O–H groups in total. The first-order valence-electron chi connectivity index (χ1n) is 10.9. The molecule has 9 nitrogen and oxygen atoms in total. The Bertz CT molecular complexity index is 1040. The molecule has 170 valence electrons. The van der Waals surface area contributed by atoms with Crippen LogP contribution in [0.15, 0.2) is 46.3 Å². The highest BCUT2D eigenvalue weighted by Gasteiger charge is 2.22. The topological polar surface area (TPSA) is 89.9 Å². The number of aromatic nitrogens is 3. The van der Waals surface area contributed by atoms with Gasteiger partial charge in [-0.3, -0.25) is 0 Å². The number of rotatable bonds is 8. The lowest BCUT2D eigenvalue weighted by Gasteiger charge is -2.32. The van der Waals surface area contributed by atoms with Gasteiger partial charge in [0.2, 0.25) is 0 Å². The number of hydrogen-bond acceptors (Lipinski definition) is 6. The molecule has 32 heavy (non-hydrogen) atoms. The van der Waals surface area contributed by atoms with E-state index in [9.17, 15) is 0 Å². The number of nitrogens with one attached hydrogen (secondary N) is 1. The van der Waals surface area contributed by atoms with E-state index in [0.29, 0.717) is 6.54 Å². The molecule has 9 heteroatoms. The quantitative estimate of drug-likeness (QED) is 0.427. The summed E-state index contributed by atoms with van der Waals surface area (Å²) in [5.74, 6) is 4.18. The van der Waals surface area contributed by atoms with E-state index in [1.165, 1.54) is 11.1 Å². The lowest BCUT2D eigenvalue weighted by atomic mass is 9.99. The van der Waals surface area contributed by atoms with E-state index in [1.54, 1.807) is 26.8 Å². The number of aryl methyl sites for hydroxylation is 1. The number of nitrogens with zero attached hydrogens (tertiary/aromatic N) is 5. The maximum Gasteiger partial charge on any atom is 0.194 e. The maximum atomic E-state index is 5.51. The third-order valence-electron chi connectivity index (χ3n) is 5.63. The Hall–Kier alpha value is -3.49. The Morgan fingerprint density at radius 2 is 2.03 bits per heavy atom. The van der Waals surface area contributed by atoms with Crippen LogP contribution < -0.4 is 14.8 Å². The monoisotopic (exact) mass is 438 g/mol. The number of guanidine groups is 1.